The first-order chi connectivity index (χ1) is 6.89. The summed E-state index contributed by atoms with van der Waals surface area (Å²) < 4.78 is 0. The van der Waals surface area contributed by atoms with E-state index in [1.165, 1.54) is 4.88 Å². The Hall–Kier alpha value is -0.900. The van der Waals surface area contributed by atoms with Crippen LogP contribution >= 0.6 is 11.3 Å². The minimum absolute atomic E-state index is 0.0259. The predicted molar refractivity (Wildman–Crippen MR) is 59.5 cm³/mol. The number of rotatable bonds is 1. The number of hydrogen-bond donors (Lipinski definition) is 1. The molecular formula is C11H15NO2S. The third-order valence-electron chi connectivity index (χ3n) is 2.66. The maximum Gasteiger partial charge on any atom is 0.312 e. The number of aryl methyl sites for hydroxylation is 1. The smallest absolute Gasteiger partial charge is 0.312 e. The molecule has 1 unspecified atom stereocenters. The van der Waals surface area contributed by atoms with E-state index < -0.39 is 5.97 Å². The monoisotopic (exact) mass is 225 g/mol. The molecule has 1 aliphatic carbocycles. The van der Waals surface area contributed by atoms with Crippen LogP contribution in [0.5, 0.6) is 0 Å². The maximum atomic E-state index is 11.0. The lowest BCUT2D eigenvalue weighted by molar-refractivity contribution is -0.138. The van der Waals surface area contributed by atoms with E-state index in [2.05, 4.69) is 25.8 Å². The number of carboxylic acid groups (broad SMARTS) is 1. The number of carbonyl (C=O) groups is 1. The van der Waals surface area contributed by atoms with E-state index in [1.807, 2.05) is 0 Å². The van der Waals surface area contributed by atoms with Crippen LogP contribution in [-0.4, -0.2) is 16.1 Å². The Kier molecular flexibility index (Phi) is 2.34. The summed E-state index contributed by atoms with van der Waals surface area (Å²) in [5.74, 6) is -1.10. The zero-order valence-electron chi connectivity index (χ0n) is 9.20. The third-order valence-corrected chi connectivity index (χ3v) is 4.21. The molecule has 1 N–H and O–H groups in total. The van der Waals surface area contributed by atoms with Crippen molar-refractivity contribution in [2.45, 2.75) is 44.9 Å². The molecule has 82 valence electrons. The fraction of sp³-hybridized carbons (Fsp3) is 0.636. The second-order valence-corrected chi connectivity index (χ2v) is 6.09. The summed E-state index contributed by atoms with van der Waals surface area (Å²) in [6.07, 6.45) is 1.59. The van der Waals surface area contributed by atoms with Crippen molar-refractivity contribution in [3.05, 3.63) is 15.6 Å². The number of aromatic nitrogens is 1. The largest absolute Gasteiger partial charge is 0.481 e. The molecule has 1 aromatic heterocycles. The van der Waals surface area contributed by atoms with Crippen molar-refractivity contribution in [3.8, 4) is 0 Å². The predicted octanol–water partition coefficient (Wildman–Crippen LogP) is 2.56. The normalized spacial score (nSPS) is 20.3. The van der Waals surface area contributed by atoms with Crippen molar-refractivity contribution in [1.29, 1.82) is 0 Å². The summed E-state index contributed by atoms with van der Waals surface area (Å²) >= 11 is 1.68. The Morgan fingerprint density at radius 3 is 2.73 bits per heavy atom. The van der Waals surface area contributed by atoms with Crippen molar-refractivity contribution >= 4 is 17.3 Å². The van der Waals surface area contributed by atoms with Crippen LogP contribution in [0, 0.1) is 0 Å². The summed E-state index contributed by atoms with van der Waals surface area (Å²) in [7, 11) is 0. The number of nitrogens with zero attached hydrogens (tertiary/aromatic N) is 1. The zero-order chi connectivity index (χ0) is 11.2. The highest BCUT2D eigenvalue weighted by Crippen LogP contribution is 2.39. The van der Waals surface area contributed by atoms with E-state index in [0.717, 1.165) is 17.1 Å². The number of hydrogen-bond acceptors (Lipinski definition) is 3. The Balaban J connectivity index is 2.39. The van der Waals surface area contributed by atoms with Gasteiger partial charge in [-0.05, 0) is 12.8 Å². The Morgan fingerprint density at radius 2 is 2.20 bits per heavy atom. The number of thiazole rings is 1. The minimum Gasteiger partial charge on any atom is -0.481 e. The molecule has 1 heterocycles. The summed E-state index contributed by atoms with van der Waals surface area (Å²) in [4.78, 5) is 16.7. The zero-order valence-corrected chi connectivity index (χ0v) is 10.0. The van der Waals surface area contributed by atoms with Gasteiger partial charge in [-0.3, -0.25) is 4.79 Å². The van der Waals surface area contributed by atoms with Crippen LogP contribution < -0.4 is 0 Å². The van der Waals surface area contributed by atoms with Crippen LogP contribution in [0.1, 0.15) is 48.7 Å². The molecule has 1 atom stereocenters. The molecule has 4 heteroatoms. The average Bonchev–Trinajstić information content (AvgIpc) is 2.56. The van der Waals surface area contributed by atoms with Gasteiger partial charge in [0.05, 0.1) is 10.7 Å². The van der Waals surface area contributed by atoms with Gasteiger partial charge in [-0.1, -0.05) is 20.8 Å². The summed E-state index contributed by atoms with van der Waals surface area (Å²) in [6, 6.07) is 0. The SMILES string of the molecule is CC(C)(C)c1nc2c(s1)CCC2C(=O)O. The van der Waals surface area contributed by atoms with Gasteiger partial charge in [-0.15, -0.1) is 11.3 Å². The fourth-order valence-corrected chi connectivity index (χ4v) is 2.98. The summed E-state index contributed by atoms with van der Waals surface area (Å²) in [5.41, 5.74) is 0.843. The molecule has 2 rings (SSSR count). The van der Waals surface area contributed by atoms with E-state index >= 15 is 0 Å². The Morgan fingerprint density at radius 1 is 1.53 bits per heavy atom. The standard InChI is InChI=1S/C11H15NO2S/c1-11(2,3)10-12-8-6(9(13)14)4-5-7(8)15-10/h6H,4-5H2,1-3H3,(H,13,14). The van der Waals surface area contributed by atoms with Crippen molar-refractivity contribution in [2.75, 3.05) is 0 Å². The van der Waals surface area contributed by atoms with E-state index in [0.29, 0.717) is 6.42 Å². The highest BCUT2D eigenvalue weighted by atomic mass is 32.1. The highest BCUT2D eigenvalue weighted by Gasteiger charge is 2.34. The molecule has 0 bridgehead atoms. The highest BCUT2D eigenvalue weighted by molar-refractivity contribution is 7.12. The molecule has 3 nitrogen and oxygen atoms in total. The van der Waals surface area contributed by atoms with Gasteiger partial charge < -0.3 is 5.11 Å². The van der Waals surface area contributed by atoms with Crippen molar-refractivity contribution in [3.63, 3.8) is 0 Å². The Bertz CT molecular complexity index is 403. The summed E-state index contributed by atoms with van der Waals surface area (Å²) in [5, 5.41) is 10.1. The minimum atomic E-state index is -0.737. The Labute approximate surface area is 93.2 Å². The van der Waals surface area contributed by atoms with Crippen LogP contribution in [-0.2, 0) is 16.6 Å². The molecule has 0 aromatic carbocycles. The average molecular weight is 225 g/mol. The molecular weight excluding hydrogens is 210 g/mol. The fourth-order valence-electron chi connectivity index (χ4n) is 1.79. The number of fused-ring (bicyclic) bond motifs is 1. The molecule has 1 aliphatic rings. The molecule has 1 aromatic rings. The van der Waals surface area contributed by atoms with Gasteiger partial charge in [0, 0.05) is 10.3 Å². The first-order valence-corrected chi connectivity index (χ1v) is 5.94. The molecule has 0 aliphatic heterocycles. The first-order valence-electron chi connectivity index (χ1n) is 5.12. The van der Waals surface area contributed by atoms with Crippen LogP contribution in [0.2, 0.25) is 0 Å². The molecule has 15 heavy (non-hydrogen) atoms. The lowest BCUT2D eigenvalue weighted by Crippen LogP contribution is -2.13. The van der Waals surface area contributed by atoms with E-state index in [1.54, 1.807) is 11.3 Å². The van der Waals surface area contributed by atoms with Crippen LogP contribution in [0.25, 0.3) is 0 Å². The quantitative estimate of drug-likeness (QED) is 0.799. The molecule has 0 fully saturated rings. The lowest BCUT2D eigenvalue weighted by Gasteiger charge is -2.14. The van der Waals surface area contributed by atoms with Gasteiger partial charge in [-0.2, -0.15) is 0 Å². The summed E-state index contributed by atoms with van der Waals surface area (Å²) in [6.45, 7) is 6.32. The second kappa shape index (κ2) is 3.30. The van der Waals surface area contributed by atoms with Crippen molar-refractivity contribution in [2.24, 2.45) is 0 Å². The molecule has 0 saturated carbocycles. The topological polar surface area (TPSA) is 50.2 Å². The third kappa shape index (κ3) is 1.78. The van der Waals surface area contributed by atoms with Crippen molar-refractivity contribution in [1.82, 2.24) is 4.98 Å². The van der Waals surface area contributed by atoms with E-state index in [9.17, 15) is 4.79 Å². The van der Waals surface area contributed by atoms with Crippen molar-refractivity contribution < 1.29 is 9.90 Å². The van der Waals surface area contributed by atoms with Gasteiger partial charge in [0.15, 0.2) is 0 Å². The maximum absolute atomic E-state index is 11.0. The molecule has 0 spiro atoms. The van der Waals surface area contributed by atoms with E-state index in [4.69, 9.17) is 5.11 Å². The number of carboxylic acids is 1. The molecule has 0 amide bonds. The van der Waals surface area contributed by atoms with Crippen LogP contribution in [0.3, 0.4) is 0 Å². The van der Waals surface area contributed by atoms with Crippen LogP contribution in [0.4, 0.5) is 0 Å². The second-order valence-electron chi connectivity index (χ2n) is 5.01. The first kappa shape index (κ1) is 10.6. The van der Waals surface area contributed by atoms with Gasteiger partial charge in [0.1, 0.15) is 5.92 Å². The van der Waals surface area contributed by atoms with Gasteiger partial charge >= 0.3 is 5.97 Å². The van der Waals surface area contributed by atoms with Gasteiger partial charge in [-0.25, -0.2) is 4.98 Å². The molecule has 0 saturated heterocycles. The van der Waals surface area contributed by atoms with Gasteiger partial charge in [0.2, 0.25) is 0 Å². The molecule has 0 radical (unpaired) electrons. The lowest BCUT2D eigenvalue weighted by atomic mass is 9.98. The van der Waals surface area contributed by atoms with E-state index in [-0.39, 0.29) is 11.3 Å². The van der Waals surface area contributed by atoms with Gasteiger partial charge in [0.25, 0.3) is 0 Å². The number of aliphatic carboxylic acids is 1. The van der Waals surface area contributed by atoms with Crippen LogP contribution in [0.15, 0.2) is 0 Å².